The van der Waals surface area contributed by atoms with Crippen LogP contribution in [-0.2, 0) is 36.6 Å². The second kappa shape index (κ2) is 35.4. The molecule has 0 aliphatic carbocycles. The molecule has 105 heavy (non-hydrogen) atoms. The van der Waals surface area contributed by atoms with Crippen LogP contribution in [0.3, 0.4) is 0 Å². The van der Waals surface area contributed by atoms with E-state index in [0.29, 0.717) is 11.8 Å². The fourth-order valence-electron chi connectivity index (χ4n) is 16.4. The normalized spacial score (nSPS) is 12.3. The topological polar surface area (TPSA) is 32.5 Å². The molecule has 11 aromatic carbocycles. The van der Waals surface area contributed by atoms with Crippen molar-refractivity contribution in [3.8, 4) is 66.8 Å². The summed E-state index contributed by atoms with van der Waals surface area (Å²) in [5, 5.41) is 0. The Labute approximate surface area is 634 Å². The maximum absolute atomic E-state index is 6.99. The Morgan fingerprint density at radius 2 is 0.657 bits per heavy atom. The van der Waals surface area contributed by atoms with Crippen molar-refractivity contribution < 1.29 is 0 Å². The second-order valence-corrected chi connectivity index (χ2v) is 31.8. The van der Waals surface area contributed by atoms with Gasteiger partial charge in [0.1, 0.15) is 0 Å². The van der Waals surface area contributed by atoms with Gasteiger partial charge in [0.15, 0.2) is 0 Å². The van der Waals surface area contributed by atoms with Gasteiger partial charge in [0.05, 0.1) is 0 Å². The van der Waals surface area contributed by atoms with Crippen molar-refractivity contribution >= 4 is 34.1 Å². The van der Waals surface area contributed by atoms with Gasteiger partial charge >= 0.3 is 0 Å². The zero-order chi connectivity index (χ0) is 74.4. The van der Waals surface area contributed by atoms with Crippen LogP contribution in [0.25, 0.3) is 66.8 Å². The predicted molar refractivity (Wildman–Crippen MR) is 459 cm³/mol. The molecule has 11 aromatic rings. The van der Waals surface area contributed by atoms with Crippen molar-refractivity contribution in [2.24, 2.45) is 17.6 Å². The minimum absolute atomic E-state index is 0.179. The molecule has 3 heteroatoms. The molecular formula is C102H121N3. The highest BCUT2D eigenvalue weighted by atomic mass is 15.1. The van der Waals surface area contributed by atoms with Crippen molar-refractivity contribution in [1.29, 1.82) is 0 Å². The molecule has 11 rings (SSSR count). The Bertz CT molecular complexity index is 4580. The largest absolute Gasteiger partial charge is 0.321 e. The summed E-state index contributed by atoms with van der Waals surface area (Å²) < 4.78 is 0. The number of unbranched alkanes of at least 4 members (excludes halogenated alkanes) is 6. The smallest absolute Gasteiger partial charge is 0.0464 e. The number of rotatable bonds is 33. The van der Waals surface area contributed by atoms with E-state index in [2.05, 4.69) is 344 Å². The molecule has 0 spiro atoms. The highest BCUT2D eigenvalue weighted by Crippen LogP contribution is 2.45. The molecular weight excluding hydrogens is 1270 g/mol. The van der Waals surface area contributed by atoms with E-state index in [9.17, 15) is 0 Å². The van der Waals surface area contributed by atoms with Crippen LogP contribution in [0.15, 0.2) is 231 Å². The van der Waals surface area contributed by atoms with E-state index in [1.807, 2.05) is 0 Å². The SMILES string of the molecule is CCCCCCc1cc(-c2ccc(N(c3ccc(-c4ccc(C(C)(CC)CC)cc4)cc3)c3ccc(-c4c(C)cc(CC(C)C)cc4C)cc3)cc2C)c(CCCCCC)cc1-c1ccc(N(c2ccc(-c3ccc(CC(C)C)cc3)cc2)c2ccc(-c3ccc(C(N)(CC)CCC)cc3)cc2)cc1C. The number of hydrogen-bond donors (Lipinski definition) is 1. The summed E-state index contributed by atoms with van der Waals surface area (Å²) in [6, 6.07) is 89.1. The Morgan fingerprint density at radius 3 is 1.00 bits per heavy atom. The van der Waals surface area contributed by atoms with Gasteiger partial charge in [-0.1, -0.05) is 279 Å². The molecule has 0 aromatic heterocycles. The first kappa shape index (κ1) is 77.1. The summed E-state index contributed by atoms with van der Waals surface area (Å²) in [5.74, 6) is 1.23. The monoisotopic (exact) mass is 1390 g/mol. The lowest BCUT2D eigenvalue weighted by molar-refractivity contribution is 0.390. The van der Waals surface area contributed by atoms with Crippen molar-refractivity contribution in [2.45, 2.75) is 224 Å². The van der Waals surface area contributed by atoms with E-state index < -0.39 is 0 Å². The summed E-state index contributed by atoms with van der Waals surface area (Å²) in [6.07, 6.45) is 19.0. The van der Waals surface area contributed by atoms with E-state index in [-0.39, 0.29) is 11.0 Å². The van der Waals surface area contributed by atoms with Crippen LogP contribution in [0, 0.1) is 39.5 Å². The molecule has 0 amide bonds. The number of anilines is 6. The van der Waals surface area contributed by atoms with E-state index in [0.717, 1.165) is 105 Å². The average molecular weight is 1390 g/mol. The predicted octanol–water partition coefficient (Wildman–Crippen LogP) is 29.9. The van der Waals surface area contributed by atoms with Crippen LogP contribution < -0.4 is 15.5 Å². The van der Waals surface area contributed by atoms with Gasteiger partial charge in [-0.25, -0.2) is 0 Å². The van der Waals surface area contributed by atoms with Gasteiger partial charge in [0.25, 0.3) is 0 Å². The highest BCUT2D eigenvalue weighted by Gasteiger charge is 2.26. The molecule has 0 heterocycles. The summed E-state index contributed by atoms with van der Waals surface area (Å²) in [7, 11) is 0. The minimum atomic E-state index is -0.309. The summed E-state index contributed by atoms with van der Waals surface area (Å²) >= 11 is 0. The third-order valence-corrected chi connectivity index (χ3v) is 23.0. The number of nitrogens with zero attached hydrogens (tertiary/aromatic N) is 2. The van der Waals surface area contributed by atoms with Crippen LogP contribution in [0.1, 0.15) is 215 Å². The highest BCUT2D eigenvalue weighted by molar-refractivity contribution is 5.87. The van der Waals surface area contributed by atoms with Crippen molar-refractivity contribution in [3.63, 3.8) is 0 Å². The zero-order valence-corrected chi connectivity index (χ0v) is 66.6. The van der Waals surface area contributed by atoms with E-state index in [4.69, 9.17) is 5.73 Å². The molecule has 0 aliphatic rings. The molecule has 0 saturated carbocycles. The Morgan fingerprint density at radius 1 is 0.314 bits per heavy atom. The molecule has 1 unspecified atom stereocenters. The third kappa shape index (κ3) is 18.3. The number of aryl methyl sites for hydroxylation is 6. The summed E-state index contributed by atoms with van der Waals surface area (Å²) in [4.78, 5) is 4.92. The molecule has 0 radical (unpaired) electrons. The lowest BCUT2D eigenvalue weighted by Gasteiger charge is -2.29. The molecule has 544 valence electrons. The Balaban J connectivity index is 0.981. The zero-order valence-electron chi connectivity index (χ0n) is 66.6. The van der Waals surface area contributed by atoms with Crippen molar-refractivity contribution in [2.75, 3.05) is 9.80 Å². The number of hydrogen-bond acceptors (Lipinski definition) is 3. The lowest BCUT2D eigenvalue weighted by Crippen LogP contribution is -2.35. The lowest BCUT2D eigenvalue weighted by atomic mass is 9.77. The summed E-state index contributed by atoms with van der Waals surface area (Å²) in [5.41, 5.74) is 42.4. The van der Waals surface area contributed by atoms with E-state index in [1.54, 1.807) is 0 Å². The maximum Gasteiger partial charge on any atom is 0.0464 e. The maximum atomic E-state index is 6.99. The van der Waals surface area contributed by atoms with Gasteiger partial charge in [-0.15, -0.1) is 0 Å². The molecule has 0 saturated heterocycles. The first-order valence-electron chi connectivity index (χ1n) is 40.4. The van der Waals surface area contributed by atoms with Gasteiger partial charge < -0.3 is 15.5 Å². The second-order valence-electron chi connectivity index (χ2n) is 31.8. The quantitative estimate of drug-likeness (QED) is 0.0416. The molecule has 0 aliphatic heterocycles. The van der Waals surface area contributed by atoms with Gasteiger partial charge in [-0.05, 0) is 304 Å². The molecule has 3 nitrogen and oxygen atoms in total. The number of benzene rings is 11. The van der Waals surface area contributed by atoms with Crippen molar-refractivity contribution in [3.05, 3.63) is 286 Å². The molecule has 1 atom stereocenters. The Kier molecular flexibility index (Phi) is 26.0. The van der Waals surface area contributed by atoms with E-state index in [1.165, 1.54) is 161 Å². The summed E-state index contributed by atoms with van der Waals surface area (Å²) in [6.45, 7) is 34.6. The van der Waals surface area contributed by atoms with Gasteiger partial charge in [0.2, 0.25) is 0 Å². The van der Waals surface area contributed by atoms with Crippen LogP contribution >= 0.6 is 0 Å². The molecule has 0 fully saturated rings. The minimum Gasteiger partial charge on any atom is -0.321 e. The van der Waals surface area contributed by atoms with Gasteiger partial charge in [-0.3, -0.25) is 0 Å². The van der Waals surface area contributed by atoms with E-state index >= 15 is 0 Å². The van der Waals surface area contributed by atoms with Gasteiger partial charge in [-0.2, -0.15) is 0 Å². The number of nitrogens with two attached hydrogens (primary N) is 1. The van der Waals surface area contributed by atoms with Crippen molar-refractivity contribution in [1.82, 2.24) is 0 Å². The van der Waals surface area contributed by atoms with Gasteiger partial charge in [0, 0.05) is 39.7 Å². The fraction of sp³-hybridized carbons (Fsp3) is 0.353. The first-order valence-corrected chi connectivity index (χ1v) is 40.4. The third-order valence-electron chi connectivity index (χ3n) is 23.0. The molecule has 2 N–H and O–H groups in total. The fourth-order valence-corrected chi connectivity index (χ4v) is 16.4. The van der Waals surface area contributed by atoms with Crippen LogP contribution in [0.2, 0.25) is 0 Å². The van der Waals surface area contributed by atoms with Crippen LogP contribution in [0.4, 0.5) is 34.1 Å². The standard InChI is InChI=1S/C102H121N3/c1-16-22-24-26-28-86-70-99(97-61-59-95(68-74(97)12)105(92-52-40-83(41-53-92)80-34-46-88(47-35-80)101(15,19-4)20-5)93-56-44-85(45-57-93)100-75(13)65-78(64-72(9)10)66-76(100)14)87(29-27-25-23-17-2)69-98(86)96-60-58-94(67-73(96)11)104(90-50-38-82(39-51-90)79-32-30-77(31-33-79)63-71(7)8)91-54-42-84(43-55-91)81-36-48-89(49-37-81)102(103,21-6)62-18-3/h30-61,65-72H,16-29,62-64,103H2,1-15H3. The first-order chi connectivity index (χ1) is 50.8. The Hall–Kier alpha value is -9.02. The molecule has 0 bridgehead atoms. The van der Waals surface area contributed by atoms with Crippen LogP contribution in [-0.4, -0.2) is 0 Å². The average Bonchev–Trinajstić information content (AvgIpc) is 0.779. The van der Waals surface area contributed by atoms with Crippen LogP contribution in [0.5, 0.6) is 0 Å².